The number of imidazole rings is 1. The van der Waals surface area contributed by atoms with Crippen molar-refractivity contribution in [3.05, 3.63) is 29.0 Å². The molecule has 0 aliphatic rings. The molecule has 4 heteroatoms. The first-order valence-corrected chi connectivity index (χ1v) is 6.32. The number of benzene rings is 1. The van der Waals surface area contributed by atoms with Gasteiger partial charge >= 0.3 is 0 Å². The van der Waals surface area contributed by atoms with Gasteiger partial charge in [-0.05, 0) is 34.5 Å². The zero-order valence-electron chi connectivity index (χ0n) is 9.65. The molecule has 1 heterocycles. The van der Waals surface area contributed by atoms with E-state index in [4.69, 9.17) is 5.11 Å². The second-order valence-electron chi connectivity index (χ2n) is 3.12. The minimum Gasteiger partial charge on any atom is -0.396 e. The third-order valence-corrected chi connectivity index (χ3v) is 2.79. The van der Waals surface area contributed by atoms with E-state index in [-0.39, 0.29) is 6.61 Å². The van der Waals surface area contributed by atoms with Crippen molar-refractivity contribution in [3.8, 4) is 0 Å². The molecular weight excluding hydrogens is 268 g/mol. The van der Waals surface area contributed by atoms with E-state index in [2.05, 4.69) is 25.5 Å². The van der Waals surface area contributed by atoms with Crippen LogP contribution in [-0.4, -0.2) is 21.3 Å². The highest BCUT2D eigenvalue weighted by molar-refractivity contribution is 9.10. The van der Waals surface area contributed by atoms with Crippen LogP contribution in [0, 0.1) is 0 Å². The van der Waals surface area contributed by atoms with E-state index < -0.39 is 0 Å². The van der Waals surface area contributed by atoms with Crippen LogP contribution in [0.25, 0.3) is 11.0 Å². The van der Waals surface area contributed by atoms with Crippen molar-refractivity contribution >= 4 is 27.0 Å². The molecule has 0 saturated carbocycles. The normalized spacial score (nSPS) is 10.0. The Labute approximate surface area is 104 Å². The predicted octanol–water partition coefficient (Wildman–Crippen LogP) is 3.21. The number of fused-ring (bicyclic) bond motifs is 1. The van der Waals surface area contributed by atoms with Gasteiger partial charge in [0.05, 0.1) is 17.4 Å². The van der Waals surface area contributed by atoms with E-state index in [0.29, 0.717) is 0 Å². The first-order chi connectivity index (χ1) is 7.83. The molecule has 3 nitrogen and oxygen atoms in total. The monoisotopic (exact) mass is 284 g/mol. The Bertz CT molecular complexity index is 440. The lowest BCUT2D eigenvalue weighted by molar-refractivity contribution is 0.280. The van der Waals surface area contributed by atoms with Crippen molar-refractivity contribution in [2.75, 3.05) is 6.61 Å². The summed E-state index contributed by atoms with van der Waals surface area (Å²) in [6.45, 7) is 5.01. The number of hydrogen-bond acceptors (Lipinski definition) is 2. The molecule has 0 amide bonds. The zero-order valence-corrected chi connectivity index (χ0v) is 11.2. The number of rotatable bonds is 3. The molecule has 0 aliphatic carbocycles. The number of aromatic nitrogens is 2. The summed E-state index contributed by atoms with van der Waals surface area (Å²) >= 11 is 3.50. The highest BCUT2D eigenvalue weighted by Gasteiger charge is 2.04. The molecule has 88 valence electrons. The number of para-hydroxylation sites is 1. The fraction of sp³-hybridized carbons (Fsp3) is 0.417. The number of aliphatic hydroxyl groups excluding tert-OH is 1. The van der Waals surface area contributed by atoms with Gasteiger partial charge in [-0.15, -0.1) is 0 Å². The van der Waals surface area contributed by atoms with Crippen molar-refractivity contribution in [2.24, 2.45) is 0 Å². The van der Waals surface area contributed by atoms with Gasteiger partial charge in [-0.2, -0.15) is 0 Å². The molecule has 0 atom stereocenters. The van der Waals surface area contributed by atoms with Crippen molar-refractivity contribution in [1.82, 2.24) is 9.55 Å². The van der Waals surface area contributed by atoms with E-state index >= 15 is 0 Å². The average Bonchev–Trinajstić information content (AvgIpc) is 2.74. The van der Waals surface area contributed by atoms with Crippen LogP contribution in [0.1, 0.15) is 20.3 Å². The van der Waals surface area contributed by atoms with Gasteiger partial charge < -0.3 is 9.67 Å². The topological polar surface area (TPSA) is 38.0 Å². The van der Waals surface area contributed by atoms with E-state index in [1.807, 2.05) is 38.4 Å². The lowest BCUT2D eigenvalue weighted by Crippen LogP contribution is -1.98. The van der Waals surface area contributed by atoms with E-state index in [9.17, 15) is 0 Å². The summed E-state index contributed by atoms with van der Waals surface area (Å²) in [5.41, 5.74) is 2.08. The minimum atomic E-state index is 0.212. The minimum absolute atomic E-state index is 0.212. The summed E-state index contributed by atoms with van der Waals surface area (Å²) in [6, 6.07) is 5.95. The number of halogens is 1. The van der Waals surface area contributed by atoms with Gasteiger partial charge in [0, 0.05) is 17.6 Å². The first kappa shape index (κ1) is 13.2. The smallest absolute Gasteiger partial charge is 0.0958 e. The van der Waals surface area contributed by atoms with Crippen LogP contribution >= 0.6 is 15.9 Å². The lowest BCUT2D eigenvalue weighted by atomic mass is 10.3. The van der Waals surface area contributed by atoms with Gasteiger partial charge in [-0.3, -0.25) is 0 Å². The first-order valence-electron chi connectivity index (χ1n) is 5.53. The van der Waals surface area contributed by atoms with E-state index in [1.54, 1.807) is 0 Å². The molecule has 16 heavy (non-hydrogen) atoms. The molecule has 0 bridgehead atoms. The summed E-state index contributed by atoms with van der Waals surface area (Å²) in [5, 5.41) is 8.76. The van der Waals surface area contributed by atoms with Gasteiger partial charge in [-0.25, -0.2) is 4.98 Å². The number of aliphatic hydroxyl groups is 1. The summed E-state index contributed by atoms with van der Waals surface area (Å²) < 4.78 is 3.10. The molecule has 2 rings (SSSR count). The number of hydrogen-bond donors (Lipinski definition) is 1. The van der Waals surface area contributed by atoms with Gasteiger partial charge in [0.25, 0.3) is 0 Å². The molecule has 1 N–H and O–H groups in total. The van der Waals surface area contributed by atoms with Gasteiger partial charge in [0.15, 0.2) is 0 Å². The quantitative estimate of drug-likeness (QED) is 0.940. The molecular formula is C12H17BrN2O. The molecule has 0 saturated heterocycles. The van der Waals surface area contributed by atoms with Crippen molar-refractivity contribution in [3.63, 3.8) is 0 Å². The summed E-state index contributed by atoms with van der Waals surface area (Å²) in [4.78, 5) is 4.28. The lowest BCUT2D eigenvalue weighted by Gasteiger charge is -2.03. The van der Waals surface area contributed by atoms with E-state index in [0.717, 1.165) is 28.5 Å². The van der Waals surface area contributed by atoms with Crippen LogP contribution in [-0.2, 0) is 6.54 Å². The molecule has 0 unspecified atom stereocenters. The Balaban J connectivity index is 0.000000606. The maximum Gasteiger partial charge on any atom is 0.0958 e. The van der Waals surface area contributed by atoms with Gasteiger partial charge in [0.1, 0.15) is 0 Å². The van der Waals surface area contributed by atoms with Gasteiger partial charge in [0.2, 0.25) is 0 Å². The Morgan fingerprint density at radius 3 is 2.81 bits per heavy atom. The summed E-state index contributed by atoms with van der Waals surface area (Å²) in [7, 11) is 0. The van der Waals surface area contributed by atoms with Crippen LogP contribution in [0.5, 0.6) is 0 Å². The Morgan fingerprint density at radius 2 is 2.12 bits per heavy atom. The van der Waals surface area contributed by atoms with Crippen molar-refractivity contribution in [2.45, 2.75) is 26.8 Å². The zero-order chi connectivity index (χ0) is 12.0. The molecule has 0 radical (unpaired) electrons. The van der Waals surface area contributed by atoms with Crippen molar-refractivity contribution < 1.29 is 5.11 Å². The molecule has 0 spiro atoms. The van der Waals surface area contributed by atoms with Crippen LogP contribution in [0.2, 0.25) is 0 Å². The van der Waals surface area contributed by atoms with E-state index in [1.165, 1.54) is 0 Å². The van der Waals surface area contributed by atoms with Gasteiger partial charge in [-0.1, -0.05) is 19.9 Å². The van der Waals surface area contributed by atoms with Crippen molar-refractivity contribution in [1.29, 1.82) is 0 Å². The summed E-state index contributed by atoms with van der Waals surface area (Å²) in [6.07, 6.45) is 2.57. The SMILES string of the molecule is CC.OCCCn1cnc2cccc(Br)c21. The third-order valence-electron chi connectivity index (χ3n) is 2.15. The Kier molecular flexibility index (Phi) is 5.49. The predicted molar refractivity (Wildman–Crippen MR) is 70.5 cm³/mol. The Morgan fingerprint density at radius 1 is 1.38 bits per heavy atom. The fourth-order valence-electron chi connectivity index (χ4n) is 1.49. The number of aryl methyl sites for hydroxylation is 1. The fourth-order valence-corrected chi connectivity index (χ4v) is 2.08. The molecule has 1 aromatic heterocycles. The average molecular weight is 285 g/mol. The highest BCUT2D eigenvalue weighted by Crippen LogP contribution is 2.22. The van der Waals surface area contributed by atoms with Crippen LogP contribution in [0.15, 0.2) is 29.0 Å². The third kappa shape index (κ3) is 2.83. The second kappa shape index (κ2) is 6.66. The Hall–Kier alpha value is -0.870. The maximum absolute atomic E-state index is 8.76. The summed E-state index contributed by atoms with van der Waals surface area (Å²) in [5.74, 6) is 0. The standard InChI is InChI=1S/C10H11BrN2O.C2H6/c11-8-3-1-4-9-10(8)13(7-12-9)5-2-6-14;1-2/h1,3-4,7,14H,2,5-6H2;1-2H3. The molecule has 2 aromatic rings. The highest BCUT2D eigenvalue weighted by atomic mass is 79.9. The molecule has 0 fully saturated rings. The van der Waals surface area contributed by atoms with Crippen LogP contribution < -0.4 is 0 Å². The van der Waals surface area contributed by atoms with Crippen LogP contribution in [0.3, 0.4) is 0 Å². The van der Waals surface area contributed by atoms with Crippen LogP contribution in [0.4, 0.5) is 0 Å². The number of nitrogens with zero attached hydrogens (tertiary/aromatic N) is 2. The second-order valence-corrected chi connectivity index (χ2v) is 3.98. The maximum atomic E-state index is 8.76. The largest absolute Gasteiger partial charge is 0.396 e. The molecule has 1 aromatic carbocycles. The molecule has 0 aliphatic heterocycles.